The van der Waals surface area contributed by atoms with Crippen molar-refractivity contribution >= 4 is 54.5 Å². The lowest BCUT2D eigenvalue weighted by Crippen LogP contribution is -1.97. The van der Waals surface area contributed by atoms with E-state index in [-0.39, 0.29) is 0 Å². The Balaban J connectivity index is 2.31. The molecule has 2 heteroatoms. The van der Waals surface area contributed by atoms with Crippen LogP contribution in [0, 0.1) is 0 Å². The van der Waals surface area contributed by atoms with Crippen molar-refractivity contribution in [2.75, 3.05) is 11.5 Å². The topological polar surface area (TPSA) is 52.0 Å². The van der Waals surface area contributed by atoms with Crippen molar-refractivity contribution in [3.63, 3.8) is 0 Å². The monoisotopic (exact) mass is 282 g/mol. The first-order chi connectivity index (χ1) is 10.8. The summed E-state index contributed by atoms with van der Waals surface area (Å²) in [6.45, 7) is 0. The molecule has 0 saturated heterocycles. The molecule has 0 unspecified atom stereocenters. The van der Waals surface area contributed by atoms with Crippen molar-refractivity contribution in [3.05, 3.63) is 60.7 Å². The van der Waals surface area contributed by atoms with Gasteiger partial charge in [-0.05, 0) is 43.8 Å². The van der Waals surface area contributed by atoms with Crippen molar-refractivity contribution in [3.8, 4) is 0 Å². The summed E-state index contributed by atoms with van der Waals surface area (Å²) in [4.78, 5) is 0. The zero-order valence-electron chi connectivity index (χ0n) is 11.9. The fraction of sp³-hybridized carbons (Fsp3) is 0. The number of benzene rings is 5. The van der Waals surface area contributed by atoms with Crippen LogP contribution >= 0.6 is 0 Å². The van der Waals surface area contributed by atoms with Crippen LogP contribution in [-0.4, -0.2) is 0 Å². The summed E-state index contributed by atoms with van der Waals surface area (Å²) >= 11 is 0. The predicted molar refractivity (Wildman–Crippen MR) is 96.5 cm³/mol. The largest absolute Gasteiger partial charge is 0.397 e. The van der Waals surface area contributed by atoms with Crippen molar-refractivity contribution in [2.45, 2.75) is 0 Å². The molecule has 0 aliphatic rings. The molecule has 0 saturated carbocycles. The SMILES string of the molecule is Nc1cc2cccc3c4cccc5cccc(c(c1N)c23)c54. The van der Waals surface area contributed by atoms with E-state index in [0.717, 1.165) is 10.8 Å². The summed E-state index contributed by atoms with van der Waals surface area (Å²) in [5, 5.41) is 9.63. The summed E-state index contributed by atoms with van der Waals surface area (Å²) in [5.74, 6) is 0. The van der Waals surface area contributed by atoms with Gasteiger partial charge in [-0.3, -0.25) is 0 Å². The van der Waals surface area contributed by atoms with Gasteiger partial charge < -0.3 is 11.5 Å². The van der Waals surface area contributed by atoms with Crippen molar-refractivity contribution in [1.29, 1.82) is 0 Å². The molecule has 0 amide bonds. The molecule has 0 fully saturated rings. The minimum Gasteiger partial charge on any atom is -0.397 e. The first kappa shape index (κ1) is 11.6. The maximum Gasteiger partial charge on any atom is 0.0634 e. The number of rotatable bonds is 0. The molecular formula is C20H14N2. The summed E-state index contributed by atoms with van der Waals surface area (Å²) < 4.78 is 0. The third kappa shape index (κ3) is 1.25. The molecule has 104 valence electrons. The number of hydrogen-bond donors (Lipinski definition) is 2. The molecule has 0 bridgehead atoms. The maximum atomic E-state index is 6.37. The molecule has 0 atom stereocenters. The quantitative estimate of drug-likeness (QED) is 0.241. The van der Waals surface area contributed by atoms with Gasteiger partial charge in [-0.1, -0.05) is 54.6 Å². The fourth-order valence-electron chi connectivity index (χ4n) is 3.77. The van der Waals surface area contributed by atoms with E-state index in [9.17, 15) is 0 Å². The van der Waals surface area contributed by atoms with E-state index in [2.05, 4.69) is 54.6 Å². The third-order valence-corrected chi connectivity index (χ3v) is 4.70. The van der Waals surface area contributed by atoms with Crippen LogP contribution in [0.15, 0.2) is 60.7 Å². The molecule has 0 spiro atoms. The standard InChI is InChI=1S/C20H14N2/c21-16-10-12-6-3-8-14-13-7-1-4-11-5-2-9-15(17(11)13)19(18(12)14)20(16)22/h1-10H,21-22H2. The van der Waals surface area contributed by atoms with Crippen LogP contribution in [-0.2, 0) is 0 Å². The molecule has 0 aliphatic heterocycles. The average Bonchev–Trinajstić information content (AvgIpc) is 2.55. The molecule has 0 radical (unpaired) electrons. The maximum absolute atomic E-state index is 6.37. The smallest absolute Gasteiger partial charge is 0.0634 e. The number of nitrogens with two attached hydrogens (primary N) is 2. The van der Waals surface area contributed by atoms with Crippen LogP contribution in [0.4, 0.5) is 11.4 Å². The molecule has 5 aromatic carbocycles. The minimum absolute atomic E-state index is 0.649. The Hall–Kier alpha value is -3.00. The molecule has 2 nitrogen and oxygen atoms in total. The van der Waals surface area contributed by atoms with Gasteiger partial charge in [0.2, 0.25) is 0 Å². The highest BCUT2D eigenvalue weighted by molar-refractivity contribution is 6.35. The van der Waals surface area contributed by atoms with E-state index in [1.165, 1.54) is 32.3 Å². The molecule has 4 N–H and O–H groups in total. The molecule has 0 heterocycles. The second kappa shape index (κ2) is 3.80. The van der Waals surface area contributed by atoms with Gasteiger partial charge in [0.05, 0.1) is 11.4 Å². The second-order valence-electron chi connectivity index (χ2n) is 5.87. The summed E-state index contributed by atoms with van der Waals surface area (Å²) in [6, 6.07) is 21.2. The number of fused-ring (bicyclic) bond motifs is 2. The summed E-state index contributed by atoms with van der Waals surface area (Å²) in [5.41, 5.74) is 13.9. The van der Waals surface area contributed by atoms with Crippen molar-refractivity contribution in [2.24, 2.45) is 0 Å². The van der Waals surface area contributed by atoms with Crippen LogP contribution in [0.2, 0.25) is 0 Å². The number of anilines is 2. The lowest BCUT2D eigenvalue weighted by atomic mass is 9.89. The van der Waals surface area contributed by atoms with Crippen LogP contribution in [0.1, 0.15) is 0 Å². The van der Waals surface area contributed by atoms with Gasteiger partial charge in [-0.2, -0.15) is 0 Å². The zero-order chi connectivity index (χ0) is 14.8. The Morgan fingerprint density at radius 3 is 1.86 bits per heavy atom. The second-order valence-corrected chi connectivity index (χ2v) is 5.87. The Morgan fingerprint density at radius 2 is 1.14 bits per heavy atom. The van der Waals surface area contributed by atoms with Gasteiger partial charge in [-0.25, -0.2) is 0 Å². The fourth-order valence-corrected chi connectivity index (χ4v) is 3.77. The van der Waals surface area contributed by atoms with Crippen molar-refractivity contribution < 1.29 is 0 Å². The van der Waals surface area contributed by atoms with Gasteiger partial charge in [0.1, 0.15) is 0 Å². The Labute approximate surface area is 127 Å². The first-order valence-electron chi connectivity index (χ1n) is 7.39. The van der Waals surface area contributed by atoms with Crippen LogP contribution in [0.5, 0.6) is 0 Å². The van der Waals surface area contributed by atoms with E-state index in [4.69, 9.17) is 11.5 Å². The van der Waals surface area contributed by atoms with Gasteiger partial charge in [0.15, 0.2) is 0 Å². The third-order valence-electron chi connectivity index (χ3n) is 4.70. The predicted octanol–water partition coefficient (Wildman–Crippen LogP) is 4.90. The lowest BCUT2D eigenvalue weighted by molar-refractivity contribution is 1.74. The normalized spacial score (nSPS) is 12.0. The zero-order valence-corrected chi connectivity index (χ0v) is 11.9. The van der Waals surface area contributed by atoms with Gasteiger partial charge in [0, 0.05) is 5.39 Å². The minimum atomic E-state index is 0.649. The number of nitrogen functional groups attached to an aromatic ring is 2. The van der Waals surface area contributed by atoms with Gasteiger partial charge >= 0.3 is 0 Å². The molecule has 5 rings (SSSR count). The van der Waals surface area contributed by atoms with E-state index in [0.29, 0.717) is 11.4 Å². The van der Waals surface area contributed by atoms with Crippen LogP contribution < -0.4 is 11.5 Å². The molecule has 0 aliphatic carbocycles. The van der Waals surface area contributed by atoms with E-state index in [1.807, 2.05) is 6.07 Å². The molecule has 0 aromatic heterocycles. The molecular weight excluding hydrogens is 268 g/mol. The first-order valence-corrected chi connectivity index (χ1v) is 7.39. The van der Waals surface area contributed by atoms with Gasteiger partial charge in [0.25, 0.3) is 0 Å². The van der Waals surface area contributed by atoms with Crippen molar-refractivity contribution in [1.82, 2.24) is 0 Å². The molecule has 5 aromatic rings. The lowest BCUT2D eigenvalue weighted by Gasteiger charge is -2.16. The van der Waals surface area contributed by atoms with Crippen LogP contribution in [0.25, 0.3) is 43.1 Å². The highest BCUT2D eigenvalue weighted by Crippen LogP contribution is 2.43. The Morgan fingerprint density at radius 1 is 0.545 bits per heavy atom. The van der Waals surface area contributed by atoms with E-state index in [1.54, 1.807) is 0 Å². The summed E-state index contributed by atoms with van der Waals surface area (Å²) in [7, 11) is 0. The van der Waals surface area contributed by atoms with E-state index < -0.39 is 0 Å². The summed E-state index contributed by atoms with van der Waals surface area (Å²) in [6.07, 6.45) is 0. The number of hydrogen-bond acceptors (Lipinski definition) is 2. The molecule has 22 heavy (non-hydrogen) atoms. The Kier molecular flexibility index (Phi) is 2.01. The van der Waals surface area contributed by atoms with Crippen LogP contribution in [0.3, 0.4) is 0 Å². The Bertz CT molecular complexity index is 1180. The highest BCUT2D eigenvalue weighted by atomic mass is 14.7. The van der Waals surface area contributed by atoms with E-state index >= 15 is 0 Å². The van der Waals surface area contributed by atoms with Gasteiger partial charge in [-0.15, -0.1) is 0 Å². The average molecular weight is 282 g/mol. The highest BCUT2D eigenvalue weighted by Gasteiger charge is 2.15.